The van der Waals surface area contributed by atoms with Crippen LogP contribution in [0.1, 0.15) is 39.8 Å². The van der Waals surface area contributed by atoms with Gasteiger partial charge in [-0.05, 0) is 56.7 Å². The topological polar surface area (TPSA) is 98.7 Å². The summed E-state index contributed by atoms with van der Waals surface area (Å²) in [5, 5.41) is 3.61. The van der Waals surface area contributed by atoms with E-state index in [0.717, 1.165) is 22.6 Å². The Morgan fingerprint density at radius 1 is 1.09 bits per heavy atom. The van der Waals surface area contributed by atoms with Gasteiger partial charge in [0.15, 0.2) is 0 Å². The molecule has 7 nitrogen and oxygen atoms in total. The average molecular weight is 453 g/mol. The molecule has 166 valence electrons. The van der Waals surface area contributed by atoms with Gasteiger partial charge in [0.1, 0.15) is 5.84 Å². The number of nitrogens with zero attached hydrogens (tertiary/aromatic N) is 2. The molecular formula is C24H25ClN4O3. The van der Waals surface area contributed by atoms with Crippen LogP contribution in [0.2, 0.25) is 5.02 Å². The molecule has 0 radical (unpaired) electrons. The third kappa shape index (κ3) is 5.36. The molecule has 3 aromatic rings. The van der Waals surface area contributed by atoms with Crippen LogP contribution in [0.25, 0.3) is 5.69 Å². The summed E-state index contributed by atoms with van der Waals surface area (Å²) in [6.45, 7) is 6.15. The zero-order chi connectivity index (χ0) is 23.3. The van der Waals surface area contributed by atoms with E-state index in [1.54, 1.807) is 19.1 Å². The van der Waals surface area contributed by atoms with Gasteiger partial charge in [-0.3, -0.25) is 4.79 Å². The molecule has 0 atom stereocenters. The standard InChI is InChI=1S/C24H25ClN4O3/c1-4-32-24(31)28-22(26)18-7-5-17(6-8-18)14-27-23(30)21-13-15(2)29(16(21)3)20-11-9-19(25)10-12-20/h5-13H,4,14H2,1-3H3,(H,27,30)(H2,26,28,31). The van der Waals surface area contributed by atoms with E-state index in [9.17, 15) is 9.59 Å². The maximum atomic E-state index is 12.8. The Hall–Kier alpha value is -3.58. The predicted octanol–water partition coefficient (Wildman–Crippen LogP) is 4.54. The minimum Gasteiger partial charge on any atom is -0.448 e. The molecule has 3 N–H and O–H groups in total. The Morgan fingerprint density at radius 3 is 2.38 bits per heavy atom. The number of amidine groups is 1. The van der Waals surface area contributed by atoms with Gasteiger partial charge in [-0.2, -0.15) is 4.99 Å². The number of aromatic nitrogens is 1. The van der Waals surface area contributed by atoms with Gasteiger partial charge in [-0.25, -0.2) is 4.79 Å². The number of nitrogens with two attached hydrogens (primary N) is 1. The van der Waals surface area contributed by atoms with Gasteiger partial charge < -0.3 is 20.4 Å². The number of carbonyl (C=O) groups excluding carboxylic acids is 2. The number of amides is 2. The molecule has 0 aliphatic heterocycles. The second-order valence-corrected chi connectivity index (χ2v) is 7.61. The monoisotopic (exact) mass is 452 g/mol. The summed E-state index contributed by atoms with van der Waals surface area (Å²) < 4.78 is 6.78. The fourth-order valence-electron chi connectivity index (χ4n) is 3.37. The molecule has 32 heavy (non-hydrogen) atoms. The molecule has 2 aromatic carbocycles. The van der Waals surface area contributed by atoms with Gasteiger partial charge in [-0.1, -0.05) is 35.9 Å². The van der Waals surface area contributed by atoms with Crippen molar-refractivity contribution < 1.29 is 14.3 Å². The number of carbonyl (C=O) groups is 2. The molecule has 0 bridgehead atoms. The van der Waals surface area contributed by atoms with Crippen molar-refractivity contribution in [3.8, 4) is 5.69 Å². The van der Waals surface area contributed by atoms with Crippen LogP contribution >= 0.6 is 11.6 Å². The van der Waals surface area contributed by atoms with Crippen molar-refractivity contribution in [3.05, 3.63) is 87.7 Å². The van der Waals surface area contributed by atoms with Crippen LogP contribution in [-0.4, -0.2) is 29.0 Å². The molecule has 1 aromatic heterocycles. The number of aliphatic imine (C=N–C) groups is 1. The van der Waals surface area contributed by atoms with Crippen LogP contribution < -0.4 is 11.1 Å². The summed E-state index contributed by atoms with van der Waals surface area (Å²) >= 11 is 5.99. The predicted molar refractivity (Wildman–Crippen MR) is 126 cm³/mol. The van der Waals surface area contributed by atoms with Crippen LogP contribution in [0.5, 0.6) is 0 Å². The fourth-order valence-corrected chi connectivity index (χ4v) is 3.50. The van der Waals surface area contributed by atoms with Crippen molar-refractivity contribution in [1.82, 2.24) is 9.88 Å². The molecule has 0 spiro atoms. The molecule has 8 heteroatoms. The SMILES string of the molecule is CCOC(=O)N=C(N)c1ccc(CNC(=O)c2cc(C)n(-c3ccc(Cl)cc3)c2C)cc1. The maximum Gasteiger partial charge on any atom is 0.435 e. The summed E-state index contributed by atoms with van der Waals surface area (Å²) in [5.41, 5.74) is 10.7. The first-order chi connectivity index (χ1) is 15.3. The minimum atomic E-state index is -0.724. The van der Waals surface area contributed by atoms with E-state index in [-0.39, 0.29) is 18.3 Å². The number of aryl methyl sites for hydroxylation is 1. The summed E-state index contributed by atoms with van der Waals surface area (Å²) in [7, 11) is 0. The Balaban J connectivity index is 1.68. The highest BCUT2D eigenvalue weighted by Gasteiger charge is 2.16. The molecule has 0 unspecified atom stereocenters. The van der Waals surface area contributed by atoms with E-state index >= 15 is 0 Å². The summed E-state index contributed by atoms with van der Waals surface area (Å²) in [6, 6.07) is 16.5. The Morgan fingerprint density at radius 2 is 1.75 bits per heavy atom. The lowest BCUT2D eigenvalue weighted by Gasteiger charge is -2.10. The third-order valence-electron chi connectivity index (χ3n) is 4.94. The van der Waals surface area contributed by atoms with Crippen LogP contribution in [0.15, 0.2) is 59.6 Å². The molecule has 2 amide bonds. The molecule has 0 fully saturated rings. The normalized spacial score (nSPS) is 11.3. The van der Waals surface area contributed by atoms with Gasteiger partial charge >= 0.3 is 6.09 Å². The first-order valence-corrected chi connectivity index (χ1v) is 10.5. The highest BCUT2D eigenvalue weighted by atomic mass is 35.5. The molecule has 1 heterocycles. The van der Waals surface area contributed by atoms with Gasteiger partial charge in [0.05, 0.1) is 12.2 Å². The van der Waals surface area contributed by atoms with E-state index in [2.05, 4.69) is 10.3 Å². The first kappa shape index (κ1) is 23.1. The molecule has 3 rings (SSSR count). The summed E-state index contributed by atoms with van der Waals surface area (Å²) in [5.74, 6) is -0.0838. The minimum absolute atomic E-state index is 0.0775. The number of benzene rings is 2. The number of ether oxygens (including phenoxy) is 1. The Labute approximate surface area is 191 Å². The number of hydrogen-bond acceptors (Lipinski definition) is 3. The highest BCUT2D eigenvalue weighted by Crippen LogP contribution is 2.22. The Kier molecular flexibility index (Phi) is 7.33. The van der Waals surface area contributed by atoms with Crippen molar-refractivity contribution in [1.29, 1.82) is 0 Å². The van der Waals surface area contributed by atoms with Gasteiger partial charge in [0.25, 0.3) is 5.91 Å². The van der Waals surface area contributed by atoms with Gasteiger partial charge in [-0.15, -0.1) is 0 Å². The third-order valence-corrected chi connectivity index (χ3v) is 5.19. The highest BCUT2D eigenvalue weighted by molar-refractivity contribution is 6.30. The second-order valence-electron chi connectivity index (χ2n) is 7.17. The van der Waals surface area contributed by atoms with Gasteiger partial charge in [0.2, 0.25) is 0 Å². The van der Waals surface area contributed by atoms with Crippen LogP contribution in [-0.2, 0) is 11.3 Å². The molecule has 0 aliphatic rings. The Bertz CT molecular complexity index is 1150. The van der Waals surface area contributed by atoms with E-state index in [0.29, 0.717) is 22.7 Å². The first-order valence-electron chi connectivity index (χ1n) is 10.1. The zero-order valence-corrected chi connectivity index (χ0v) is 18.9. The molecular weight excluding hydrogens is 428 g/mol. The van der Waals surface area contributed by atoms with E-state index in [1.165, 1.54) is 0 Å². The molecule has 0 aliphatic carbocycles. The van der Waals surface area contributed by atoms with Crippen LogP contribution in [0.4, 0.5) is 4.79 Å². The second kappa shape index (κ2) is 10.2. The molecule has 0 saturated carbocycles. The lowest BCUT2D eigenvalue weighted by molar-refractivity contribution is 0.0950. The average Bonchev–Trinajstić information content (AvgIpc) is 3.07. The zero-order valence-electron chi connectivity index (χ0n) is 18.2. The summed E-state index contributed by atoms with van der Waals surface area (Å²) in [6.07, 6.45) is -0.724. The van der Waals surface area contributed by atoms with E-state index in [1.807, 2.05) is 60.9 Å². The lowest BCUT2D eigenvalue weighted by Crippen LogP contribution is -2.23. The van der Waals surface area contributed by atoms with Crippen molar-refractivity contribution in [3.63, 3.8) is 0 Å². The van der Waals surface area contributed by atoms with Crippen LogP contribution in [0, 0.1) is 13.8 Å². The largest absolute Gasteiger partial charge is 0.448 e. The number of rotatable bonds is 6. The summed E-state index contributed by atoms with van der Waals surface area (Å²) in [4.78, 5) is 27.9. The van der Waals surface area contributed by atoms with Crippen LogP contribution in [0.3, 0.4) is 0 Å². The number of hydrogen-bond donors (Lipinski definition) is 2. The number of halogens is 1. The fraction of sp³-hybridized carbons (Fsp3) is 0.208. The molecule has 0 saturated heterocycles. The van der Waals surface area contributed by atoms with Crippen molar-refractivity contribution >= 4 is 29.4 Å². The van der Waals surface area contributed by atoms with Crippen molar-refractivity contribution in [2.45, 2.75) is 27.3 Å². The van der Waals surface area contributed by atoms with E-state index < -0.39 is 6.09 Å². The van der Waals surface area contributed by atoms with Crippen molar-refractivity contribution in [2.24, 2.45) is 10.7 Å². The van der Waals surface area contributed by atoms with E-state index in [4.69, 9.17) is 22.1 Å². The lowest BCUT2D eigenvalue weighted by atomic mass is 10.1. The number of nitrogens with one attached hydrogen (secondary N) is 1. The van der Waals surface area contributed by atoms with Gasteiger partial charge in [0, 0.05) is 34.2 Å². The van der Waals surface area contributed by atoms with Crippen molar-refractivity contribution in [2.75, 3.05) is 6.61 Å². The quantitative estimate of drug-likeness (QED) is 0.423. The smallest absolute Gasteiger partial charge is 0.435 e. The maximum absolute atomic E-state index is 12.8.